The fourth-order valence-corrected chi connectivity index (χ4v) is 3.15. The largest absolute Gasteiger partial charge is 0.398 e. The molecule has 3 N–H and O–H groups in total. The standard InChI is InChI=1S/C19H22ClN3O/c20-17-7-6-15(12-18(17)21)19(24)22-16-8-10-23(11-9-16)13-14-4-2-1-3-5-14/h1-7,12,16H,8-11,13,21H2,(H,22,24). The molecule has 126 valence electrons. The zero-order valence-corrected chi connectivity index (χ0v) is 14.3. The van der Waals surface area contributed by atoms with Crippen LogP contribution in [-0.2, 0) is 6.54 Å². The number of nitrogens with two attached hydrogens (primary N) is 1. The minimum Gasteiger partial charge on any atom is -0.398 e. The minimum absolute atomic E-state index is 0.0834. The predicted octanol–water partition coefficient (Wildman–Crippen LogP) is 3.32. The molecule has 0 aromatic heterocycles. The Morgan fingerprint density at radius 2 is 1.88 bits per heavy atom. The molecule has 0 atom stereocenters. The van der Waals surface area contributed by atoms with Crippen LogP contribution in [0.2, 0.25) is 5.02 Å². The molecule has 1 aliphatic rings. The summed E-state index contributed by atoms with van der Waals surface area (Å²) in [5.41, 5.74) is 8.09. The summed E-state index contributed by atoms with van der Waals surface area (Å²) in [4.78, 5) is 14.8. The van der Waals surface area contributed by atoms with E-state index in [2.05, 4.69) is 34.5 Å². The maximum absolute atomic E-state index is 12.3. The van der Waals surface area contributed by atoms with Gasteiger partial charge in [0, 0.05) is 31.2 Å². The highest BCUT2D eigenvalue weighted by atomic mass is 35.5. The normalized spacial score (nSPS) is 16.0. The van der Waals surface area contributed by atoms with Crippen LogP contribution in [0.4, 0.5) is 5.69 Å². The van der Waals surface area contributed by atoms with Crippen molar-refractivity contribution < 1.29 is 4.79 Å². The van der Waals surface area contributed by atoms with Gasteiger partial charge in [-0.1, -0.05) is 41.9 Å². The van der Waals surface area contributed by atoms with E-state index in [0.717, 1.165) is 32.5 Å². The number of nitrogen functional groups attached to an aromatic ring is 1. The van der Waals surface area contributed by atoms with Crippen molar-refractivity contribution in [1.82, 2.24) is 10.2 Å². The number of halogens is 1. The van der Waals surface area contributed by atoms with Gasteiger partial charge in [-0.2, -0.15) is 0 Å². The number of hydrogen-bond acceptors (Lipinski definition) is 3. The molecule has 0 bridgehead atoms. The maximum Gasteiger partial charge on any atom is 0.251 e. The average Bonchev–Trinajstić information content (AvgIpc) is 2.60. The molecule has 0 saturated carbocycles. The Morgan fingerprint density at radius 1 is 1.17 bits per heavy atom. The van der Waals surface area contributed by atoms with E-state index in [0.29, 0.717) is 16.3 Å². The smallest absolute Gasteiger partial charge is 0.251 e. The third-order valence-corrected chi connectivity index (χ3v) is 4.77. The van der Waals surface area contributed by atoms with Crippen LogP contribution in [0.5, 0.6) is 0 Å². The molecule has 3 rings (SSSR count). The fourth-order valence-electron chi connectivity index (χ4n) is 3.03. The first-order valence-electron chi connectivity index (χ1n) is 8.24. The molecule has 1 amide bonds. The molecular weight excluding hydrogens is 322 g/mol. The van der Waals surface area contributed by atoms with Gasteiger partial charge in [0.2, 0.25) is 0 Å². The summed E-state index contributed by atoms with van der Waals surface area (Å²) >= 11 is 5.90. The van der Waals surface area contributed by atoms with Gasteiger partial charge in [-0.05, 0) is 36.6 Å². The molecule has 0 radical (unpaired) electrons. The summed E-state index contributed by atoms with van der Waals surface area (Å²) in [6, 6.07) is 15.7. The van der Waals surface area contributed by atoms with E-state index in [1.165, 1.54) is 5.56 Å². The predicted molar refractivity (Wildman–Crippen MR) is 98.1 cm³/mol. The van der Waals surface area contributed by atoms with Crippen LogP contribution < -0.4 is 11.1 Å². The van der Waals surface area contributed by atoms with Crippen LogP contribution in [0, 0.1) is 0 Å². The Kier molecular flexibility index (Phi) is 5.38. The molecule has 5 heteroatoms. The lowest BCUT2D eigenvalue weighted by Gasteiger charge is -2.32. The molecule has 1 saturated heterocycles. The van der Waals surface area contributed by atoms with E-state index < -0.39 is 0 Å². The number of nitrogens with zero attached hydrogens (tertiary/aromatic N) is 1. The molecule has 24 heavy (non-hydrogen) atoms. The molecule has 2 aromatic rings. The van der Waals surface area contributed by atoms with Gasteiger partial charge >= 0.3 is 0 Å². The van der Waals surface area contributed by atoms with E-state index >= 15 is 0 Å². The van der Waals surface area contributed by atoms with Crippen molar-refractivity contribution in [3.8, 4) is 0 Å². The van der Waals surface area contributed by atoms with Crippen molar-refractivity contribution in [3.05, 3.63) is 64.7 Å². The molecule has 2 aromatic carbocycles. The quantitative estimate of drug-likeness (QED) is 0.837. The first-order valence-corrected chi connectivity index (χ1v) is 8.62. The number of carbonyl (C=O) groups is 1. The number of carbonyl (C=O) groups excluding carboxylic acids is 1. The number of amides is 1. The fraction of sp³-hybridized carbons (Fsp3) is 0.316. The van der Waals surface area contributed by atoms with Crippen LogP contribution in [0.25, 0.3) is 0 Å². The zero-order chi connectivity index (χ0) is 16.9. The summed E-state index contributed by atoms with van der Waals surface area (Å²) in [7, 11) is 0. The highest BCUT2D eigenvalue weighted by Gasteiger charge is 2.21. The number of benzene rings is 2. The molecule has 0 spiro atoms. The number of hydrogen-bond donors (Lipinski definition) is 2. The summed E-state index contributed by atoms with van der Waals surface area (Å²) in [5, 5.41) is 3.57. The van der Waals surface area contributed by atoms with E-state index in [9.17, 15) is 4.79 Å². The minimum atomic E-state index is -0.0834. The molecule has 1 heterocycles. The van der Waals surface area contributed by atoms with E-state index in [1.807, 2.05) is 6.07 Å². The third kappa shape index (κ3) is 4.28. The Bertz CT molecular complexity index is 697. The summed E-state index contributed by atoms with van der Waals surface area (Å²) in [6.07, 6.45) is 1.92. The molecule has 0 aliphatic carbocycles. The van der Waals surface area contributed by atoms with Crippen molar-refractivity contribution in [2.45, 2.75) is 25.4 Å². The Labute approximate surface area is 147 Å². The van der Waals surface area contributed by atoms with Crippen molar-refractivity contribution >= 4 is 23.2 Å². The van der Waals surface area contributed by atoms with Gasteiger partial charge in [0.15, 0.2) is 0 Å². The number of anilines is 1. The Hall–Kier alpha value is -2.04. The van der Waals surface area contributed by atoms with Gasteiger partial charge in [-0.25, -0.2) is 0 Å². The summed E-state index contributed by atoms with van der Waals surface area (Å²) in [6.45, 7) is 2.94. The molecule has 4 nitrogen and oxygen atoms in total. The van der Waals surface area contributed by atoms with Gasteiger partial charge in [0.25, 0.3) is 5.91 Å². The van der Waals surface area contributed by atoms with E-state index in [-0.39, 0.29) is 11.9 Å². The van der Waals surface area contributed by atoms with Gasteiger partial charge < -0.3 is 11.1 Å². The monoisotopic (exact) mass is 343 g/mol. The van der Waals surface area contributed by atoms with E-state index in [1.54, 1.807) is 18.2 Å². The Morgan fingerprint density at radius 3 is 2.54 bits per heavy atom. The van der Waals surface area contributed by atoms with Gasteiger partial charge in [-0.3, -0.25) is 9.69 Å². The van der Waals surface area contributed by atoms with E-state index in [4.69, 9.17) is 17.3 Å². The van der Waals surface area contributed by atoms with Crippen LogP contribution >= 0.6 is 11.6 Å². The van der Waals surface area contributed by atoms with Crippen molar-refractivity contribution in [2.24, 2.45) is 0 Å². The van der Waals surface area contributed by atoms with Crippen molar-refractivity contribution in [3.63, 3.8) is 0 Å². The topological polar surface area (TPSA) is 58.4 Å². The summed E-state index contributed by atoms with van der Waals surface area (Å²) < 4.78 is 0. The van der Waals surface area contributed by atoms with Crippen LogP contribution in [0.15, 0.2) is 48.5 Å². The number of rotatable bonds is 4. The lowest BCUT2D eigenvalue weighted by Crippen LogP contribution is -2.44. The molecule has 1 fully saturated rings. The van der Waals surface area contributed by atoms with Crippen molar-refractivity contribution in [2.75, 3.05) is 18.8 Å². The molecule has 0 unspecified atom stereocenters. The second-order valence-electron chi connectivity index (χ2n) is 6.25. The molecular formula is C19H22ClN3O. The molecule has 1 aliphatic heterocycles. The van der Waals surface area contributed by atoms with Crippen LogP contribution in [0.3, 0.4) is 0 Å². The lowest BCUT2D eigenvalue weighted by molar-refractivity contribution is 0.0909. The second kappa shape index (κ2) is 7.69. The van der Waals surface area contributed by atoms with Crippen molar-refractivity contribution in [1.29, 1.82) is 0 Å². The number of piperidine rings is 1. The Balaban J connectivity index is 1.50. The zero-order valence-electron chi connectivity index (χ0n) is 13.5. The lowest BCUT2D eigenvalue weighted by atomic mass is 10.0. The van der Waals surface area contributed by atoms with Gasteiger partial charge in [0.1, 0.15) is 0 Å². The van der Waals surface area contributed by atoms with Gasteiger partial charge in [0.05, 0.1) is 10.7 Å². The van der Waals surface area contributed by atoms with Crippen LogP contribution in [0.1, 0.15) is 28.8 Å². The number of nitrogens with one attached hydrogen (secondary N) is 1. The first-order chi connectivity index (χ1) is 11.6. The summed E-state index contributed by atoms with van der Waals surface area (Å²) in [5.74, 6) is -0.0834. The SMILES string of the molecule is Nc1cc(C(=O)NC2CCN(Cc3ccccc3)CC2)ccc1Cl. The highest BCUT2D eigenvalue weighted by Crippen LogP contribution is 2.20. The van der Waals surface area contributed by atoms with Crippen LogP contribution in [-0.4, -0.2) is 29.9 Å². The second-order valence-corrected chi connectivity index (χ2v) is 6.65. The highest BCUT2D eigenvalue weighted by molar-refractivity contribution is 6.33. The third-order valence-electron chi connectivity index (χ3n) is 4.43. The average molecular weight is 344 g/mol. The first kappa shape index (κ1) is 16.8. The van der Waals surface area contributed by atoms with Gasteiger partial charge in [-0.15, -0.1) is 0 Å². The number of likely N-dealkylation sites (tertiary alicyclic amines) is 1. The maximum atomic E-state index is 12.3.